The standard InChI is InChI=1S/C11H19NO4S/c1-3-12(2)9(13)7-17(16)8-11(4-5-11)6-10(14)15/h3-8H2,1-2H3,(H,14,15). The number of hydrogen-bond acceptors (Lipinski definition) is 3. The average molecular weight is 261 g/mol. The Balaban J connectivity index is 2.40. The van der Waals surface area contributed by atoms with Crippen molar-refractivity contribution in [3.8, 4) is 0 Å². The first-order valence-corrected chi connectivity index (χ1v) is 7.18. The van der Waals surface area contributed by atoms with Crippen LogP contribution in [0.2, 0.25) is 0 Å². The van der Waals surface area contributed by atoms with Crippen LogP contribution in [0, 0.1) is 5.41 Å². The molecule has 0 saturated heterocycles. The Bertz CT molecular complexity index is 338. The Kier molecular flexibility index (Phi) is 4.68. The van der Waals surface area contributed by atoms with Crippen LogP contribution in [0.5, 0.6) is 0 Å². The second kappa shape index (κ2) is 5.62. The van der Waals surface area contributed by atoms with Gasteiger partial charge in [-0.3, -0.25) is 13.8 Å². The maximum atomic E-state index is 11.8. The quantitative estimate of drug-likeness (QED) is 0.723. The van der Waals surface area contributed by atoms with Gasteiger partial charge in [-0.1, -0.05) is 0 Å². The van der Waals surface area contributed by atoms with Crippen LogP contribution in [0.3, 0.4) is 0 Å². The van der Waals surface area contributed by atoms with Crippen molar-refractivity contribution in [2.45, 2.75) is 26.2 Å². The van der Waals surface area contributed by atoms with Gasteiger partial charge in [0.1, 0.15) is 5.75 Å². The molecule has 1 aliphatic rings. The second-order valence-corrected chi connectivity index (χ2v) is 6.16. The predicted molar refractivity (Wildman–Crippen MR) is 65.1 cm³/mol. The minimum atomic E-state index is -1.25. The summed E-state index contributed by atoms with van der Waals surface area (Å²) in [6.07, 6.45) is 1.68. The van der Waals surface area contributed by atoms with Crippen molar-refractivity contribution < 1.29 is 18.9 Å². The molecule has 1 amide bonds. The first kappa shape index (κ1) is 14.2. The molecule has 0 aromatic carbocycles. The Labute approximate surface area is 104 Å². The Morgan fingerprint density at radius 1 is 1.41 bits per heavy atom. The predicted octanol–water partition coefficient (Wildman–Crippen LogP) is 0.468. The molecular formula is C11H19NO4S. The number of hydrogen-bond donors (Lipinski definition) is 1. The van der Waals surface area contributed by atoms with Gasteiger partial charge >= 0.3 is 5.97 Å². The minimum absolute atomic E-state index is 0.00566. The highest BCUT2D eigenvalue weighted by Crippen LogP contribution is 2.49. The molecule has 0 spiro atoms. The van der Waals surface area contributed by atoms with Gasteiger partial charge < -0.3 is 10.0 Å². The van der Waals surface area contributed by atoms with E-state index in [9.17, 15) is 13.8 Å². The first-order chi connectivity index (χ1) is 7.88. The van der Waals surface area contributed by atoms with Gasteiger partial charge in [-0.2, -0.15) is 0 Å². The van der Waals surface area contributed by atoms with Gasteiger partial charge in [-0.05, 0) is 25.2 Å². The van der Waals surface area contributed by atoms with E-state index in [1.807, 2.05) is 6.92 Å². The van der Waals surface area contributed by atoms with E-state index in [-0.39, 0.29) is 23.5 Å². The molecule has 0 aliphatic heterocycles. The van der Waals surface area contributed by atoms with Gasteiger partial charge in [-0.25, -0.2) is 0 Å². The summed E-state index contributed by atoms with van der Waals surface area (Å²) >= 11 is 0. The number of carboxylic acid groups (broad SMARTS) is 1. The lowest BCUT2D eigenvalue weighted by atomic mass is 10.1. The number of amides is 1. The molecule has 1 fully saturated rings. The molecule has 1 atom stereocenters. The van der Waals surface area contributed by atoms with Gasteiger partial charge in [0.25, 0.3) is 0 Å². The molecule has 0 bridgehead atoms. The second-order valence-electron chi connectivity index (χ2n) is 4.71. The van der Waals surface area contributed by atoms with E-state index in [0.29, 0.717) is 12.3 Å². The summed E-state index contributed by atoms with van der Waals surface area (Å²) in [4.78, 5) is 23.7. The van der Waals surface area contributed by atoms with E-state index >= 15 is 0 Å². The van der Waals surface area contributed by atoms with Crippen molar-refractivity contribution in [1.29, 1.82) is 0 Å². The number of aliphatic carboxylic acids is 1. The smallest absolute Gasteiger partial charge is 0.303 e. The van der Waals surface area contributed by atoms with Crippen LogP contribution in [0.4, 0.5) is 0 Å². The summed E-state index contributed by atoms with van der Waals surface area (Å²) in [6, 6.07) is 0. The van der Waals surface area contributed by atoms with E-state index in [1.54, 1.807) is 7.05 Å². The van der Waals surface area contributed by atoms with Crippen LogP contribution in [0.1, 0.15) is 26.2 Å². The van der Waals surface area contributed by atoms with Crippen molar-refractivity contribution >= 4 is 22.7 Å². The van der Waals surface area contributed by atoms with Crippen molar-refractivity contribution in [2.24, 2.45) is 5.41 Å². The fourth-order valence-corrected chi connectivity index (χ4v) is 3.36. The van der Waals surface area contributed by atoms with Crippen LogP contribution < -0.4 is 0 Å². The van der Waals surface area contributed by atoms with E-state index < -0.39 is 16.8 Å². The lowest BCUT2D eigenvalue weighted by molar-refractivity contribution is -0.138. The summed E-state index contributed by atoms with van der Waals surface area (Å²) in [5.41, 5.74) is -0.304. The van der Waals surface area contributed by atoms with Crippen LogP contribution in [0.15, 0.2) is 0 Å². The number of carboxylic acids is 1. The maximum Gasteiger partial charge on any atom is 0.303 e. The number of carbonyl (C=O) groups excluding carboxylic acids is 1. The van der Waals surface area contributed by atoms with Gasteiger partial charge in [0, 0.05) is 30.1 Å². The van der Waals surface area contributed by atoms with Gasteiger partial charge in [0.05, 0.1) is 6.42 Å². The fraction of sp³-hybridized carbons (Fsp3) is 0.818. The van der Waals surface area contributed by atoms with Crippen molar-refractivity contribution in [3.05, 3.63) is 0 Å². The van der Waals surface area contributed by atoms with Gasteiger partial charge in [-0.15, -0.1) is 0 Å². The zero-order chi connectivity index (χ0) is 13.1. The SMILES string of the molecule is CCN(C)C(=O)CS(=O)CC1(CC(=O)O)CC1. The Hall–Kier alpha value is -0.910. The highest BCUT2D eigenvalue weighted by atomic mass is 32.2. The van der Waals surface area contributed by atoms with E-state index in [1.165, 1.54) is 4.90 Å². The molecule has 0 aromatic heterocycles. The minimum Gasteiger partial charge on any atom is -0.481 e. The monoisotopic (exact) mass is 261 g/mol. The largest absolute Gasteiger partial charge is 0.481 e. The van der Waals surface area contributed by atoms with E-state index in [4.69, 9.17) is 5.11 Å². The Morgan fingerprint density at radius 3 is 2.41 bits per heavy atom. The Morgan fingerprint density at radius 2 is 2.00 bits per heavy atom. The molecule has 0 heterocycles. The summed E-state index contributed by atoms with van der Waals surface area (Å²) in [7, 11) is 0.420. The van der Waals surface area contributed by atoms with Gasteiger partial charge in [0.15, 0.2) is 0 Å². The molecule has 0 aromatic rings. The van der Waals surface area contributed by atoms with Crippen molar-refractivity contribution in [3.63, 3.8) is 0 Å². The van der Waals surface area contributed by atoms with E-state index in [2.05, 4.69) is 0 Å². The number of nitrogens with zero attached hydrogens (tertiary/aromatic N) is 1. The maximum absolute atomic E-state index is 11.8. The zero-order valence-electron chi connectivity index (χ0n) is 10.3. The molecular weight excluding hydrogens is 242 g/mol. The third kappa shape index (κ3) is 4.46. The molecule has 5 nitrogen and oxygen atoms in total. The molecule has 1 N–H and O–H groups in total. The molecule has 6 heteroatoms. The van der Waals surface area contributed by atoms with Crippen molar-refractivity contribution in [2.75, 3.05) is 25.1 Å². The molecule has 1 saturated carbocycles. The normalized spacial score (nSPS) is 18.5. The summed E-state index contributed by atoms with van der Waals surface area (Å²) in [5.74, 6) is -0.651. The average Bonchev–Trinajstić information content (AvgIpc) is 2.94. The zero-order valence-corrected chi connectivity index (χ0v) is 11.1. The lowest BCUT2D eigenvalue weighted by Gasteiger charge is -2.16. The van der Waals surface area contributed by atoms with Crippen LogP contribution in [-0.4, -0.2) is 51.2 Å². The van der Waals surface area contributed by atoms with Gasteiger partial charge in [0.2, 0.25) is 5.91 Å². The summed E-state index contributed by atoms with van der Waals surface area (Å²) < 4.78 is 11.8. The number of carbonyl (C=O) groups is 2. The molecule has 98 valence electrons. The number of rotatable bonds is 7. The molecule has 1 rings (SSSR count). The first-order valence-electron chi connectivity index (χ1n) is 5.69. The highest BCUT2D eigenvalue weighted by molar-refractivity contribution is 7.85. The fourth-order valence-electron chi connectivity index (χ4n) is 1.69. The lowest BCUT2D eigenvalue weighted by Crippen LogP contribution is -2.32. The third-order valence-corrected chi connectivity index (χ3v) is 4.64. The highest BCUT2D eigenvalue weighted by Gasteiger charge is 2.45. The molecule has 0 radical (unpaired) electrons. The molecule has 1 aliphatic carbocycles. The van der Waals surface area contributed by atoms with Crippen molar-refractivity contribution in [1.82, 2.24) is 4.90 Å². The van der Waals surface area contributed by atoms with Crippen LogP contribution >= 0.6 is 0 Å². The third-order valence-electron chi connectivity index (χ3n) is 3.14. The van der Waals surface area contributed by atoms with Crippen LogP contribution in [-0.2, 0) is 20.4 Å². The summed E-state index contributed by atoms with van der Waals surface area (Å²) in [6.45, 7) is 2.45. The summed E-state index contributed by atoms with van der Waals surface area (Å²) in [5, 5.41) is 8.74. The molecule has 1 unspecified atom stereocenters. The topological polar surface area (TPSA) is 74.7 Å². The molecule has 17 heavy (non-hydrogen) atoms. The van der Waals surface area contributed by atoms with E-state index in [0.717, 1.165) is 12.8 Å². The van der Waals surface area contributed by atoms with Crippen LogP contribution in [0.25, 0.3) is 0 Å².